The molecule has 22 heavy (non-hydrogen) atoms. The summed E-state index contributed by atoms with van der Waals surface area (Å²) in [6, 6.07) is 11.3. The summed E-state index contributed by atoms with van der Waals surface area (Å²) < 4.78 is 0. The highest BCUT2D eigenvalue weighted by molar-refractivity contribution is 5.83. The summed E-state index contributed by atoms with van der Waals surface area (Å²) in [5, 5.41) is 9.18. The van der Waals surface area contributed by atoms with Gasteiger partial charge in [-0.3, -0.25) is 4.79 Å². The van der Waals surface area contributed by atoms with Crippen molar-refractivity contribution in [2.24, 2.45) is 5.92 Å². The molecule has 1 atom stereocenters. The van der Waals surface area contributed by atoms with Crippen LogP contribution >= 0.6 is 0 Å². The first kappa shape index (κ1) is 16.7. The number of carbonyl (C=O) groups is 1. The highest BCUT2D eigenvalue weighted by atomic mass is 16.1. The van der Waals surface area contributed by atoms with Gasteiger partial charge in [0.05, 0.1) is 6.07 Å². The number of aryl methyl sites for hydroxylation is 2. The predicted molar refractivity (Wildman–Crippen MR) is 89.5 cm³/mol. The van der Waals surface area contributed by atoms with Crippen LogP contribution in [-0.4, -0.2) is 5.78 Å². The normalized spacial score (nSPS) is 22.0. The first-order valence-electron chi connectivity index (χ1n) is 8.80. The molecular formula is C20H27NO. The van der Waals surface area contributed by atoms with E-state index in [0.29, 0.717) is 6.42 Å². The number of hydrogen-bond acceptors (Lipinski definition) is 2. The number of nitriles is 1. The van der Waals surface area contributed by atoms with Crippen molar-refractivity contribution in [1.82, 2.24) is 0 Å². The topological polar surface area (TPSA) is 40.9 Å². The maximum Gasteiger partial charge on any atom is 0.149 e. The van der Waals surface area contributed by atoms with Crippen molar-refractivity contribution in [3.63, 3.8) is 0 Å². The van der Waals surface area contributed by atoms with Gasteiger partial charge in [0.1, 0.15) is 11.7 Å². The molecule has 0 amide bonds. The average Bonchev–Trinajstić information content (AvgIpc) is 2.55. The van der Waals surface area contributed by atoms with Crippen LogP contribution < -0.4 is 0 Å². The Bertz CT molecular complexity index is 497. The molecule has 2 bridgehead atoms. The molecule has 2 heteroatoms. The minimum Gasteiger partial charge on any atom is -0.298 e. The lowest BCUT2D eigenvalue weighted by Crippen LogP contribution is -2.12. The highest BCUT2D eigenvalue weighted by Gasteiger charge is 2.16. The molecule has 2 aliphatic rings. The largest absolute Gasteiger partial charge is 0.298 e. The Morgan fingerprint density at radius 3 is 1.82 bits per heavy atom. The highest BCUT2D eigenvalue weighted by Crippen LogP contribution is 2.17. The van der Waals surface area contributed by atoms with Crippen molar-refractivity contribution in [3.05, 3.63) is 35.4 Å². The summed E-state index contributed by atoms with van der Waals surface area (Å²) in [5.41, 5.74) is 2.83. The fourth-order valence-electron chi connectivity index (χ4n) is 3.18. The van der Waals surface area contributed by atoms with Crippen LogP contribution in [0.3, 0.4) is 0 Å². The van der Waals surface area contributed by atoms with E-state index in [2.05, 4.69) is 30.3 Å². The van der Waals surface area contributed by atoms with Gasteiger partial charge in [-0.1, -0.05) is 49.9 Å². The van der Waals surface area contributed by atoms with Gasteiger partial charge in [0.15, 0.2) is 0 Å². The van der Waals surface area contributed by atoms with Crippen molar-refractivity contribution < 1.29 is 4.79 Å². The Morgan fingerprint density at radius 2 is 1.27 bits per heavy atom. The lowest BCUT2D eigenvalue weighted by atomic mass is 9.94. The molecule has 0 radical (unpaired) electrons. The number of ketones is 1. The number of carbonyl (C=O) groups excluding carboxylic acids is 1. The second-order valence-corrected chi connectivity index (χ2v) is 6.48. The Labute approximate surface area is 134 Å². The Kier molecular flexibility index (Phi) is 7.16. The third-order valence-electron chi connectivity index (χ3n) is 4.66. The van der Waals surface area contributed by atoms with Gasteiger partial charge in [-0.15, -0.1) is 0 Å². The molecule has 3 rings (SSSR count). The molecule has 0 aliphatic heterocycles. The van der Waals surface area contributed by atoms with E-state index in [9.17, 15) is 10.1 Å². The monoisotopic (exact) mass is 297 g/mol. The molecule has 0 saturated carbocycles. The van der Waals surface area contributed by atoms with Crippen molar-refractivity contribution in [3.8, 4) is 6.07 Å². The van der Waals surface area contributed by atoms with Crippen molar-refractivity contribution in [1.29, 1.82) is 5.26 Å². The Hall–Kier alpha value is -1.62. The molecule has 0 heterocycles. The fourth-order valence-corrected chi connectivity index (χ4v) is 3.18. The molecule has 0 spiro atoms. The van der Waals surface area contributed by atoms with Crippen LogP contribution in [0.15, 0.2) is 24.3 Å². The van der Waals surface area contributed by atoms with Gasteiger partial charge in [0, 0.05) is 6.42 Å². The molecule has 1 unspecified atom stereocenters. The first-order chi connectivity index (χ1) is 10.8. The van der Waals surface area contributed by atoms with E-state index in [0.717, 1.165) is 51.4 Å². The van der Waals surface area contributed by atoms with Crippen LogP contribution in [0.1, 0.15) is 68.9 Å². The zero-order valence-electron chi connectivity index (χ0n) is 13.5. The molecule has 2 nitrogen and oxygen atoms in total. The summed E-state index contributed by atoms with van der Waals surface area (Å²) >= 11 is 0. The lowest BCUT2D eigenvalue weighted by molar-refractivity contribution is -0.121. The zero-order chi connectivity index (χ0) is 15.6. The molecule has 1 aromatic rings. The van der Waals surface area contributed by atoms with Crippen LogP contribution in [0.25, 0.3) is 0 Å². The minimum absolute atomic E-state index is 0.166. The molecular weight excluding hydrogens is 270 g/mol. The summed E-state index contributed by atoms with van der Waals surface area (Å²) in [6.07, 6.45) is 11.2. The lowest BCUT2D eigenvalue weighted by Gasteiger charge is -2.08. The number of rotatable bonds is 0. The van der Waals surface area contributed by atoms with Crippen LogP contribution in [0, 0.1) is 17.2 Å². The van der Waals surface area contributed by atoms with E-state index >= 15 is 0 Å². The summed E-state index contributed by atoms with van der Waals surface area (Å²) in [6.45, 7) is 0. The van der Waals surface area contributed by atoms with Gasteiger partial charge in [-0.25, -0.2) is 0 Å². The number of benzene rings is 1. The van der Waals surface area contributed by atoms with Gasteiger partial charge < -0.3 is 0 Å². The van der Waals surface area contributed by atoms with E-state index < -0.39 is 0 Å². The summed E-state index contributed by atoms with van der Waals surface area (Å²) in [7, 11) is 0. The second kappa shape index (κ2) is 9.41. The van der Waals surface area contributed by atoms with Crippen molar-refractivity contribution in [2.75, 3.05) is 0 Å². The van der Waals surface area contributed by atoms with E-state index in [1.165, 1.54) is 24.0 Å². The number of hydrogen-bond donors (Lipinski definition) is 0. The van der Waals surface area contributed by atoms with E-state index in [1.807, 2.05) is 0 Å². The first-order valence-corrected chi connectivity index (χ1v) is 8.80. The third-order valence-corrected chi connectivity index (χ3v) is 4.66. The summed E-state index contributed by atoms with van der Waals surface area (Å²) in [4.78, 5) is 12.1. The standard InChI is InChI=1S/C20H27NO/c21-16-19-10-6-3-5-9-18-14-12-17(13-15-18)8-4-1-2-7-11-20(19)22/h12-15,19H,1-11H2. The smallest absolute Gasteiger partial charge is 0.149 e. The average molecular weight is 297 g/mol. The van der Waals surface area contributed by atoms with Crippen LogP contribution in [0.5, 0.6) is 0 Å². The number of nitrogens with zero attached hydrogens (tertiary/aromatic N) is 1. The van der Waals surface area contributed by atoms with Crippen molar-refractivity contribution >= 4 is 5.78 Å². The van der Waals surface area contributed by atoms with Crippen LogP contribution in [-0.2, 0) is 17.6 Å². The molecule has 0 fully saturated rings. The van der Waals surface area contributed by atoms with E-state index in [-0.39, 0.29) is 11.7 Å². The maximum absolute atomic E-state index is 12.1. The third kappa shape index (κ3) is 5.64. The Balaban J connectivity index is 1.91. The molecule has 118 valence electrons. The van der Waals surface area contributed by atoms with Gasteiger partial charge in [-0.05, 0) is 49.7 Å². The SMILES string of the molecule is N#CC1CCCCCc2ccc(cc2)CCCCCCC1=O. The van der Waals surface area contributed by atoms with E-state index in [1.54, 1.807) is 0 Å². The molecule has 2 aliphatic carbocycles. The molecule has 0 aromatic heterocycles. The van der Waals surface area contributed by atoms with Crippen LogP contribution in [0.4, 0.5) is 0 Å². The number of fused-ring (bicyclic) bond motifs is 14. The van der Waals surface area contributed by atoms with E-state index in [4.69, 9.17) is 0 Å². The van der Waals surface area contributed by atoms with Crippen LogP contribution in [0.2, 0.25) is 0 Å². The van der Waals surface area contributed by atoms with Crippen molar-refractivity contribution in [2.45, 2.75) is 70.6 Å². The van der Waals surface area contributed by atoms with Gasteiger partial charge in [0.25, 0.3) is 0 Å². The fraction of sp³-hybridized carbons (Fsp3) is 0.600. The predicted octanol–water partition coefficient (Wildman–Crippen LogP) is 5.00. The van der Waals surface area contributed by atoms with Gasteiger partial charge >= 0.3 is 0 Å². The van der Waals surface area contributed by atoms with Gasteiger partial charge in [-0.2, -0.15) is 5.26 Å². The second-order valence-electron chi connectivity index (χ2n) is 6.48. The summed E-state index contributed by atoms with van der Waals surface area (Å²) in [5.74, 6) is -0.200. The number of Topliss-reactive ketones (excluding diaryl/α,β-unsaturated/α-hetero) is 1. The zero-order valence-corrected chi connectivity index (χ0v) is 13.5. The Morgan fingerprint density at radius 1 is 0.773 bits per heavy atom. The maximum atomic E-state index is 12.1. The molecule has 0 N–H and O–H groups in total. The minimum atomic E-state index is -0.366. The quantitative estimate of drug-likeness (QED) is 0.675. The molecule has 1 aromatic carbocycles. The molecule has 0 saturated heterocycles. The van der Waals surface area contributed by atoms with Gasteiger partial charge in [0.2, 0.25) is 0 Å².